The van der Waals surface area contributed by atoms with E-state index in [2.05, 4.69) is 16.4 Å². The first-order chi connectivity index (χ1) is 13.1. The maximum atomic E-state index is 12.6. The van der Waals surface area contributed by atoms with Crippen LogP contribution in [0.15, 0.2) is 60.8 Å². The number of carbonyl (C=O) groups excluding carboxylic acids is 2. The van der Waals surface area contributed by atoms with E-state index in [0.717, 1.165) is 16.5 Å². The molecule has 1 heterocycles. The van der Waals surface area contributed by atoms with Crippen LogP contribution in [-0.4, -0.2) is 30.0 Å². The lowest BCUT2D eigenvalue weighted by Crippen LogP contribution is -2.43. The van der Waals surface area contributed by atoms with Gasteiger partial charge < -0.3 is 10.1 Å². The van der Waals surface area contributed by atoms with E-state index in [1.165, 1.54) is 13.3 Å². The number of hydrogen-bond acceptors (Lipinski definition) is 5. The van der Waals surface area contributed by atoms with Crippen molar-refractivity contribution in [2.24, 2.45) is 0 Å². The molecule has 0 saturated carbocycles. The number of rotatable bonds is 5. The van der Waals surface area contributed by atoms with Crippen LogP contribution in [0.3, 0.4) is 0 Å². The molecule has 0 aliphatic rings. The number of esters is 1. The van der Waals surface area contributed by atoms with Gasteiger partial charge in [-0.25, -0.2) is 4.79 Å². The molecule has 0 aliphatic carbocycles. The minimum absolute atomic E-state index is 0.217. The Kier molecular flexibility index (Phi) is 5.43. The predicted octanol–water partition coefficient (Wildman–Crippen LogP) is 2.62. The number of para-hydroxylation sites is 1. The third-order valence-electron chi connectivity index (χ3n) is 4.14. The normalized spacial score (nSPS) is 11.4. The number of nitriles is 1. The zero-order chi connectivity index (χ0) is 19.2. The molecule has 0 aliphatic heterocycles. The summed E-state index contributed by atoms with van der Waals surface area (Å²) in [5.74, 6) is -0.973. The molecule has 0 saturated heterocycles. The zero-order valence-electron chi connectivity index (χ0n) is 14.7. The summed E-state index contributed by atoms with van der Waals surface area (Å²) in [4.78, 5) is 29.0. The number of methoxy groups -OCH3 is 1. The summed E-state index contributed by atoms with van der Waals surface area (Å²) in [5, 5.41) is 12.5. The molecule has 3 rings (SSSR count). The van der Waals surface area contributed by atoms with Crippen LogP contribution in [0.25, 0.3) is 10.9 Å². The van der Waals surface area contributed by atoms with Gasteiger partial charge in [0.15, 0.2) is 0 Å². The minimum atomic E-state index is -0.872. The van der Waals surface area contributed by atoms with E-state index < -0.39 is 17.9 Å². The molecule has 134 valence electrons. The Morgan fingerprint density at radius 1 is 1.19 bits per heavy atom. The van der Waals surface area contributed by atoms with Gasteiger partial charge in [0.2, 0.25) is 0 Å². The zero-order valence-corrected chi connectivity index (χ0v) is 14.7. The molecule has 6 nitrogen and oxygen atoms in total. The molecule has 1 amide bonds. The van der Waals surface area contributed by atoms with Gasteiger partial charge in [-0.15, -0.1) is 0 Å². The largest absolute Gasteiger partial charge is 0.467 e. The Bertz CT molecular complexity index is 1040. The summed E-state index contributed by atoms with van der Waals surface area (Å²) in [6.07, 6.45) is 1.69. The van der Waals surface area contributed by atoms with Crippen molar-refractivity contribution in [1.82, 2.24) is 10.3 Å². The molecule has 2 aromatic carbocycles. The number of nitrogens with zero attached hydrogens (tertiary/aromatic N) is 2. The van der Waals surface area contributed by atoms with Crippen molar-refractivity contribution in [3.63, 3.8) is 0 Å². The third-order valence-corrected chi connectivity index (χ3v) is 4.14. The van der Waals surface area contributed by atoms with Crippen molar-refractivity contribution in [1.29, 1.82) is 5.26 Å². The fourth-order valence-electron chi connectivity index (χ4n) is 2.78. The average molecular weight is 359 g/mol. The smallest absolute Gasteiger partial charge is 0.328 e. The monoisotopic (exact) mass is 359 g/mol. The first-order valence-corrected chi connectivity index (χ1v) is 8.33. The highest BCUT2D eigenvalue weighted by Gasteiger charge is 2.23. The van der Waals surface area contributed by atoms with Crippen molar-refractivity contribution in [3.8, 4) is 6.07 Å². The summed E-state index contributed by atoms with van der Waals surface area (Å²) in [5.41, 5.74) is 2.38. The lowest BCUT2D eigenvalue weighted by Gasteiger charge is -2.17. The SMILES string of the molecule is COC(=O)[C@H](Cc1cccc(C#N)c1)NC(=O)c1cnc2ccccc2c1. The highest BCUT2D eigenvalue weighted by Crippen LogP contribution is 2.14. The van der Waals surface area contributed by atoms with Crippen LogP contribution in [0.2, 0.25) is 0 Å². The Balaban J connectivity index is 1.81. The van der Waals surface area contributed by atoms with Crippen LogP contribution in [0.5, 0.6) is 0 Å². The quantitative estimate of drug-likeness (QED) is 0.707. The van der Waals surface area contributed by atoms with Crippen LogP contribution >= 0.6 is 0 Å². The summed E-state index contributed by atoms with van der Waals surface area (Å²) in [6.45, 7) is 0. The fraction of sp³-hybridized carbons (Fsp3) is 0.143. The topological polar surface area (TPSA) is 92.1 Å². The van der Waals surface area contributed by atoms with E-state index in [0.29, 0.717) is 11.1 Å². The van der Waals surface area contributed by atoms with Gasteiger partial charge in [0.05, 0.1) is 29.8 Å². The number of hydrogen-bond donors (Lipinski definition) is 1. The molecule has 0 bridgehead atoms. The molecule has 27 heavy (non-hydrogen) atoms. The molecular weight excluding hydrogens is 342 g/mol. The molecule has 0 fully saturated rings. The number of pyridine rings is 1. The molecule has 3 aromatic rings. The van der Waals surface area contributed by atoms with Gasteiger partial charge in [-0.1, -0.05) is 30.3 Å². The minimum Gasteiger partial charge on any atom is -0.467 e. The Morgan fingerprint density at radius 2 is 2.00 bits per heavy atom. The van der Waals surface area contributed by atoms with Gasteiger partial charge in [0, 0.05) is 18.0 Å². The number of benzene rings is 2. The Labute approximate surface area is 156 Å². The molecule has 0 spiro atoms. The van der Waals surface area contributed by atoms with Gasteiger partial charge in [-0.2, -0.15) is 5.26 Å². The lowest BCUT2D eigenvalue weighted by molar-refractivity contribution is -0.142. The highest BCUT2D eigenvalue weighted by molar-refractivity contribution is 5.99. The molecule has 0 unspecified atom stereocenters. The lowest BCUT2D eigenvalue weighted by atomic mass is 10.0. The maximum Gasteiger partial charge on any atom is 0.328 e. The van der Waals surface area contributed by atoms with E-state index in [9.17, 15) is 9.59 Å². The van der Waals surface area contributed by atoms with E-state index in [-0.39, 0.29) is 6.42 Å². The van der Waals surface area contributed by atoms with Gasteiger partial charge in [0.1, 0.15) is 6.04 Å². The molecule has 1 atom stereocenters. The van der Waals surface area contributed by atoms with Crippen molar-refractivity contribution >= 4 is 22.8 Å². The van der Waals surface area contributed by atoms with Crippen molar-refractivity contribution in [2.45, 2.75) is 12.5 Å². The van der Waals surface area contributed by atoms with Crippen LogP contribution in [-0.2, 0) is 16.0 Å². The van der Waals surface area contributed by atoms with Crippen LogP contribution in [0.1, 0.15) is 21.5 Å². The van der Waals surface area contributed by atoms with Gasteiger partial charge in [-0.05, 0) is 29.8 Å². The second-order valence-electron chi connectivity index (χ2n) is 5.98. The van der Waals surface area contributed by atoms with E-state index in [1.807, 2.05) is 24.3 Å². The molecule has 1 N–H and O–H groups in total. The average Bonchev–Trinajstić information content (AvgIpc) is 2.72. The Hall–Kier alpha value is -3.72. The van der Waals surface area contributed by atoms with Crippen LogP contribution in [0.4, 0.5) is 0 Å². The molecular formula is C21H17N3O3. The van der Waals surface area contributed by atoms with E-state index in [4.69, 9.17) is 10.00 Å². The highest BCUT2D eigenvalue weighted by atomic mass is 16.5. The van der Waals surface area contributed by atoms with E-state index in [1.54, 1.807) is 30.3 Å². The standard InChI is InChI=1S/C21H17N3O3/c1-27-21(26)19(10-14-5-4-6-15(9-14)12-22)24-20(25)17-11-16-7-2-3-8-18(16)23-13-17/h2-9,11,13,19H,10H2,1H3,(H,24,25)/t19-/m0/s1. The van der Waals surface area contributed by atoms with Gasteiger partial charge >= 0.3 is 5.97 Å². The van der Waals surface area contributed by atoms with Gasteiger partial charge in [0.25, 0.3) is 5.91 Å². The predicted molar refractivity (Wildman–Crippen MR) is 99.9 cm³/mol. The molecule has 6 heteroatoms. The van der Waals surface area contributed by atoms with Crippen LogP contribution < -0.4 is 5.32 Å². The molecule has 1 aromatic heterocycles. The maximum absolute atomic E-state index is 12.6. The summed E-state index contributed by atoms with van der Waals surface area (Å²) < 4.78 is 4.81. The van der Waals surface area contributed by atoms with Crippen LogP contribution in [0, 0.1) is 11.3 Å². The number of amides is 1. The van der Waals surface area contributed by atoms with E-state index >= 15 is 0 Å². The summed E-state index contributed by atoms with van der Waals surface area (Å²) >= 11 is 0. The fourth-order valence-corrected chi connectivity index (χ4v) is 2.78. The number of ether oxygens (including phenoxy) is 1. The van der Waals surface area contributed by atoms with Crippen molar-refractivity contribution < 1.29 is 14.3 Å². The first-order valence-electron chi connectivity index (χ1n) is 8.33. The Morgan fingerprint density at radius 3 is 2.78 bits per heavy atom. The van der Waals surface area contributed by atoms with Gasteiger partial charge in [-0.3, -0.25) is 9.78 Å². The van der Waals surface area contributed by atoms with Crippen molar-refractivity contribution in [2.75, 3.05) is 7.11 Å². The summed E-state index contributed by atoms with van der Waals surface area (Å²) in [6, 6.07) is 17.3. The molecule has 0 radical (unpaired) electrons. The summed E-state index contributed by atoms with van der Waals surface area (Å²) in [7, 11) is 1.27. The van der Waals surface area contributed by atoms with Crippen molar-refractivity contribution in [3.05, 3.63) is 77.5 Å². The first kappa shape index (κ1) is 18.1. The third kappa shape index (κ3) is 4.28. The number of carbonyl (C=O) groups is 2. The number of nitrogens with one attached hydrogen (secondary N) is 1. The number of aromatic nitrogens is 1. The second-order valence-corrected chi connectivity index (χ2v) is 5.98. The number of fused-ring (bicyclic) bond motifs is 1. The second kappa shape index (κ2) is 8.11.